The summed E-state index contributed by atoms with van der Waals surface area (Å²) >= 11 is 1.43. The Kier molecular flexibility index (Phi) is 6.21. The molecule has 0 saturated carbocycles. The van der Waals surface area contributed by atoms with E-state index in [-0.39, 0.29) is 10.3 Å². The van der Waals surface area contributed by atoms with Crippen LogP contribution in [-0.4, -0.2) is 29.7 Å². The van der Waals surface area contributed by atoms with Crippen LogP contribution in [0.3, 0.4) is 0 Å². The Labute approximate surface area is 195 Å². The lowest BCUT2D eigenvalue weighted by Gasteiger charge is -2.43. The van der Waals surface area contributed by atoms with Gasteiger partial charge in [-0.25, -0.2) is 4.79 Å². The summed E-state index contributed by atoms with van der Waals surface area (Å²) in [6.07, 6.45) is 2.70. The summed E-state index contributed by atoms with van der Waals surface area (Å²) in [7, 11) is -2.65. The van der Waals surface area contributed by atoms with Crippen LogP contribution < -0.4 is 21.6 Å². The van der Waals surface area contributed by atoms with Crippen LogP contribution in [-0.2, 0) is 4.43 Å². The Balaban J connectivity index is 1.65. The average Bonchev–Trinajstić information content (AvgIpc) is 3.16. The third-order valence-corrected chi connectivity index (χ3v) is 12.4. The predicted molar refractivity (Wildman–Crippen MR) is 135 cm³/mol. The molecule has 2 aromatic carbocycles. The van der Waals surface area contributed by atoms with Gasteiger partial charge in [-0.05, 0) is 28.3 Å². The number of nitrogens with zero attached hydrogens (tertiary/aromatic N) is 1. The first-order chi connectivity index (χ1) is 15.7. The minimum atomic E-state index is -2.65. The molecule has 32 heavy (non-hydrogen) atoms. The van der Waals surface area contributed by atoms with E-state index >= 15 is 0 Å². The second-order valence-corrected chi connectivity index (χ2v) is 14.8. The highest BCUT2D eigenvalue weighted by molar-refractivity contribution is 8.00. The molecule has 0 unspecified atom stereocenters. The van der Waals surface area contributed by atoms with Crippen LogP contribution in [0.4, 0.5) is 0 Å². The first-order valence-electron chi connectivity index (χ1n) is 11.4. The van der Waals surface area contributed by atoms with Gasteiger partial charge in [-0.2, -0.15) is 0 Å². The average molecular weight is 468 g/mol. The van der Waals surface area contributed by atoms with Crippen LogP contribution in [0.15, 0.2) is 82.5 Å². The maximum atomic E-state index is 12.3. The molecule has 1 fully saturated rings. The van der Waals surface area contributed by atoms with E-state index in [0.29, 0.717) is 13.0 Å². The second-order valence-electron chi connectivity index (χ2n) is 9.13. The number of thioether (sulfide) groups is 1. The van der Waals surface area contributed by atoms with Gasteiger partial charge in [-0.3, -0.25) is 14.3 Å². The molecule has 1 aliphatic rings. The number of H-pyrrole nitrogens is 1. The maximum Gasteiger partial charge on any atom is 0.329 e. The van der Waals surface area contributed by atoms with Gasteiger partial charge in [0.05, 0.1) is 6.72 Å². The molecular formula is C25H30N2O3SSi. The molecule has 0 amide bonds. The highest BCUT2D eigenvalue weighted by Gasteiger charge is 2.50. The van der Waals surface area contributed by atoms with E-state index in [0.717, 1.165) is 6.42 Å². The molecule has 0 radical (unpaired) electrons. The van der Waals surface area contributed by atoms with Gasteiger partial charge < -0.3 is 4.43 Å². The molecule has 1 N–H and O–H groups in total. The summed E-state index contributed by atoms with van der Waals surface area (Å²) in [5.41, 5.74) is -0.993. The summed E-state index contributed by atoms with van der Waals surface area (Å²) < 4.78 is 17.2. The van der Waals surface area contributed by atoms with Crippen molar-refractivity contribution in [3.8, 4) is 0 Å². The fourth-order valence-electron chi connectivity index (χ4n) is 4.48. The molecule has 1 aliphatic heterocycles. The van der Waals surface area contributed by atoms with E-state index < -0.39 is 24.9 Å². The van der Waals surface area contributed by atoms with Gasteiger partial charge in [-0.1, -0.05) is 81.4 Å². The smallest absolute Gasteiger partial charge is 0.329 e. The molecular weight excluding hydrogens is 436 g/mol. The van der Waals surface area contributed by atoms with E-state index in [1.54, 1.807) is 0 Å². The van der Waals surface area contributed by atoms with E-state index in [4.69, 9.17) is 5.80 Å². The molecule has 0 bridgehead atoms. The number of nitrogens with one attached hydrogen (secondary N) is 1. The summed E-state index contributed by atoms with van der Waals surface area (Å²) in [6, 6.07) is 22.3. The normalized spacial score (nSPS) is 22.0. The summed E-state index contributed by atoms with van der Waals surface area (Å²) in [5, 5.41) is 1.25. The number of aromatic nitrogens is 2. The van der Waals surface area contributed by atoms with Gasteiger partial charge in [0.1, 0.15) is 0 Å². The summed E-state index contributed by atoms with van der Waals surface area (Å²) in [4.78, 5) is 26.0. The van der Waals surface area contributed by atoms with Crippen molar-refractivity contribution in [2.45, 2.75) is 49.3 Å². The Bertz CT molecular complexity index is 1170. The Hall–Kier alpha value is -2.35. The van der Waals surface area contributed by atoms with Crippen molar-refractivity contribution < 1.29 is 5.80 Å². The highest BCUT2D eigenvalue weighted by atomic mass is 32.2. The number of aromatic amines is 1. The second kappa shape index (κ2) is 9.25. The minimum Gasteiger partial charge on any atom is -0.406 e. The highest BCUT2D eigenvalue weighted by Crippen LogP contribution is 2.42. The van der Waals surface area contributed by atoms with Gasteiger partial charge in [0.15, 0.2) is 0 Å². The molecule has 1 saturated heterocycles. The monoisotopic (exact) mass is 467 g/mol. The minimum absolute atomic E-state index is 0.0722. The summed E-state index contributed by atoms with van der Waals surface area (Å²) in [6.45, 7) is 7.23. The SMILES string of the molecule is [2H][C@]1(n2ccc(=O)[nH]c2=O)CC[C@@H](CO[Si](c2ccccc2)(c2ccccc2)C(C)(C)C)S1. The van der Waals surface area contributed by atoms with Crippen LogP contribution in [0.2, 0.25) is 5.04 Å². The van der Waals surface area contributed by atoms with Gasteiger partial charge in [0, 0.05) is 24.1 Å². The zero-order valence-corrected chi connectivity index (χ0v) is 20.5. The third-order valence-electron chi connectivity index (χ3n) is 5.98. The Morgan fingerprint density at radius 1 is 1.03 bits per heavy atom. The van der Waals surface area contributed by atoms with Crippen molar-refractivity contribution in [1.82, 2.24) is 9.55 Å². The van der Waals surface area contributed by atoms with Gasteiger partial charge in [-0.15, -0.1) is 11.8 Å². The van der Waals surface area contributed by atoms with Crippen LogP contribution in [0.25, 0.3) is 0 Å². The van der Waals surface area contributed by atoms with Crippen molar-refractivity contribution in [3.63, 3.8) is 0 Å². The lowest BCUT2D eigenvalue weighted by molar-refractivity contribution is 0.295. The van der Waals surface area contributed by atoms with Gasteiger partial charge in [0.25, 0.3) is 13.9 Å². The molecule has 2 atom stereocenters. The fourth-order valence-corrected chi connectivity index (χ4v) is 10.5. The number of hydrogen-bond donors (Lipinski definition) is 1. The zero-order chi connectivity index (χ0) is 23.7. The third kappa shape index (κ3) is 4.42. The molecule has 5 nitrogen and oxygen atoms in total. The van der Waals surface area contributed by atoms with Crippen molar-refractivity contribution in [2.24, 2.45) is 0 Å². The van der Waals surface area contributed by atoms with E-state index in [1.807, 2.05) is 12.1 Å². The van der Waals surface area contributed by atoms with E-state index in [1.165, 1.54) is 39.0 Å². The predicted octanol–water partition coefficient (Wildman–Crippen LogP) is 3.51. The Morgan fingerprint density at radius 3 is 2.16 bits per heavy atom. The fraction of sp³-hybridized carbons (Fsp3) is 0.360. The molecule has 1 aromatic heterocycles. The van der Waals surface area contributed by atoms with Crippen molar-refractivity contribution >= 4 is 30.5 Å². The molecule has 2 heterocycles. The summed E-state index contributed by atoms with van der Waals surface area (Å²) in [5.74, 6) is 0. The van der Waals surface area contributed by atoms with E-state index in [9.17, 15) is 9.59 Å². The van der Waals surface area contributed by atoms with Crippen molar-refractivity contribution in [3.05, 3.63) is 93.8 Å². The maximum absolute atomic E-state index is 12.3. The van der Waals surface area contributed by atoms with Crippen LogP contribution in [0, 0.1) is 0 Å². The first-order valence-corrected chi connectivity index (χ1v) is 13.7. The molecule has 7 heteroatoms. The van der Waals surface area contributed by atoms with E-state index in [2.05, 4.69) is 74.3 Å². The van der Waals surface area contributed by atoms with Gasteiger partial charge >= 0.3 is 5.69 Å². The van der Waals surface area contributed by atoms with Crippen LogP contribution in [0.1, 0.15) is 40.3 Å². The molecule has 4 rings (SSSR count). The molecule has 0 spiro atoms. The molecule has 168 valence electrons. The topological polar surface area (TPSA) is 64.1 Å². The lowest BCUT2D eigenvalue weighted by Crippen LogP contribution is -2.67. The number of rotatable bonds is 6. The zero-order valence-electron chi connectivity index (χ0n) is 19.7. The number of hydrogen-bond acceptors (Lipinski definition) is 4. The van der Waals surface area contributed by atoms with Gasteiger partial charge in [0.2, 0.25) is 0 Å². The molecule has 0 aliphatic carbocycles. The quantitative estimate of drug-likeness (QED) is 0.564. The largest absolute Gasteiger partial charge is 0.406 e. The van der Waals surface area contributed by atoms with Crippen molar-refractivity contribution in [1.29, 1.82) is 0 Å². The standard InChI is InChI=1S/C25H30N2O3SSi/c1-25(2,3)32(20-10-6-4-7-11-20,21-12-8-5-9-13-21)30-18-19-14-15-23(31-19)27-17-16-22(28)26-24(27)29/h4-13,16-17,19,23H,14-15,18H2,1-3H3,(H,26,28,29)/t19-,23+/m0/s1/i23D. The molecule has 3 aromatic rings. The first kappa shape index (κ1) is 21.5. The lowest BCUT2D eigenvalue weighted by atomic mass is 10.2. The Morgan fingerprint density at radius 2 is 1.62 bits per heavy atom. The van der Waals surface area contributed by atoms with Crippen LogP contribution >= 0.6 is 11.8 Å². The number of benzene rings is 2. The van der Waals surface area contributed by atoms with Crippen molar-refractivity contribution in [2.75, 3.05) is 6.61 Å². The van der Waals surface area contributed by atoms with Crippen LogP contribution in [0.5, 0.6) is 0 Å².